The molecule has 8 heteroatoms. The quantitative estimate of drug-likeness (QED) is 0.536. The maximum atomic E-state index is 13.6. The molecule has 164 valence electrons. The van der Waals surface area contributed by atoms with Crippen LogP contribution in [0.25, 0.3) is 10.1 Å². The topological polar surface area (TPSA) is 35.6 Å². The second kappa shape index (κ2) is 9.70. The SMILES string of the molecule is O=C(NCCCCN1CCN(c2csc3cc(F)ccc23)CC1)c1ccc(F)cc1F. The molecule has 0 atom stereocenters. The first-order valence-corrected chi connectivity index (χ1v) is 11.3. The van der Waals surface area contributed by atoms with Crippen LogP contribution in [0.5, 0.6) is 0 Å². The van der Waals surface area contributed by atoms with Gasteiger partial charge in [-0.1, -0.05) is 0 Å². The zero-order valence-electron chi connectivity index (χ0n) is 17.0. The third kappa shape index (κ3) is 5.19. The van der Waals surface area contributed by atoms with Crippen LogP contribution in [0, 0.1) is 17.5 Å². The van der Waals surface area contributed by atoms with E-state index in [9.17, 15) is 18.0 Å². The van der Waals surface area contributed by atoms with Crippen molar-refractivity contribution in [1.29, 1.82) is 0 Å². The van der Waals surface area contributed by atoms with Gasteiger partial charge in [0.1, 0.15) is 17.5 Å². The van der Waals surface area contributed by atoms with Crippen molar-refractivity contribution in [3.63, 3.8) is 0 Å². The van der Waals surface area contributed by atoms with Crippen LogP contribution < -0.4 is 10.2 Å². The van der Waals surface area contributed by atoms with Crippen molar-refractivity contribution in [2.45, 2.75) is 12.8 Å². The van der Waals surface area contributed by atoms with Crippen molar-refractivity contribution in [3.05, 3.63) is 64.8 Å². The average Bonchev–Trinajstić information content (AvgIpc) is 3.16. The summed E-state index contributed by atoms with van der Waals surface area (Å²) in [6.07, 6.45) is 1.71. The summed E-state index contributed by atoms with van der Waals surface area (Å²) in [5, 5.41) is 5.90. The first-order valence-electron chi connectivity index (χ1n) is 10.4. The van der Waals surface area contributed by atoms with Gasteiger partial charge in [-0.3, -0.25) is 9.69 Å². The molecule has 0 saturated carbocycles. The maximum absolute atomic E-state index is 13.6. The molecular weight excluding hydrogens is 423 g/mol. The molecule has 1 fully saturated rings. The Morgan fingerprint density at radius 2 is 1.71 bits per heavy atom. The molecule has 2 heterocycles. The lowest BCUT2D eigenvalue weighted by atomic mass is 10.2. The summed E-state index contributed by atoms with van der Waals surface area (Å²) in [4.78, 5) is 16.7. The smallest absolute Gasteiger partial charge is 0.254 e. The standard InChI is InChI=1S/C23H24F3N3OS/c24-16-3-5-18(20(26)13-16)23(30)27-7-1-2-8-28-9-11-29(12-10-28)21-15-31-22-14-17(25)4-6-19(21)22/h3-6,13-15H,1-2,7-12H2,(H,27,30). The van der Waals surface area contributed by atoms with Crippen molar-refractivity contribution in [2.75, 3.05) is 44.2 Å². The number of carbonyl (C=O) groups excluding carboxylic acids is 1. The van der Waals surface area contributed by atoms with Crippen LogP contribution in [0.2, 0.25) is 0 Å². The van der Waals surface area contributed by atoms with E-state index in [4.69, 9.17) is 0 Å². The molecule has 1 aromatic heterocycles. The minimum absolute atomic E-state index is 0.138. The highest BCUT2D eigenvalue weighted by Gasteiger charge is 2.19. The van der Waals surface area contributed by atoms with Crippen molar-refractivity contribution in [1.82, 2.24) is 10.2 Å². The van der Waals surface area contributed by atoms with Gasteiger partial charge in [-0.05, 0) is 49.7 Å². The molecular formula is C23H24F3N3OS. The van der Waals surface area contributed by atoms with Crippen molar-refractivity contribution in [2.24, 2.45) is 0 Å². The predicted molar refractivity (Wildman–Crippen MR) is 118 cm³/mol. The van der Waals surface area contributed by atoms with Gasteiger partial charge in [-0.25, -0.2) is 13.2 Å². The number of nitrogens with zero attached hydrogens (tertiary/aromatic N) is 2. The van der Waals surface area contributed by atoms with Gasteiger partial charge in [0.2, 0.25) is 0 Å². The van der Waals surface area contributed by atoms with Crippen molar-refractivity contribution >= 4 is 33.0 Å². The number of thiophene rings is 1. The van der Waals surface area contributed by atoms with Crippen LogP contribution in [0.4, 0.5) is 18.9 Å². The number of nitrogens with one attached hydrogen (secondary N) is 1. The highest BCUT2D eigenvalue weighted by Crippen LogP contribution is 2.34. The second-order valence-corrected chi connectivity index (χ2v) is 8.59. The van der Waals surface area contributed by atoms with Gasteiger partial charge in [0.05, 0.1) is 11.3 Å². The Morgan fingerprint density at radius 1 is 0.968 bits per heavy atom. The van der Waals surface area contributed by atoms with Gasteiger partial charge in [0.25, 0.3) is 5.91 Å². The summed E-state index contributed by atoms with van der Waals surface area (Å²) in [6.45, 7) is 5.13. The van der Waals surface area contributed by atoms with Crippen molar-refractivity contribution < 1.29 is 18.0 Å². The van der Waals surface area contributed by atoms with E-state index in [1.165, 1.54) is 11.8 Å². The number of fused-ring (bicyclic) bond motifs is 1. The summed E-state index contributed by atoms with van der Waals surface area (Å²) in [5.74, 6) is -2.27. The molecule has 0 spiro atoms. The van der Waals surface area contributed by atoms with E-state index in [2.05, 4.69) is 20.5 Å². The Hall–Kier alpha value is -2.58. The molecule has 1 N–H and O–H groups in total. The Kier molecular flexibility index (Phi) is 6.77. The second-order valence-electron chi connectivity index (χ2n) is 7.68. The highest BCUT2D eigenvalue weighted by molar-refractivity contribution is 7.17. The number of hydrogen-bond donors (Lipinski definition) is 1. The van der Waals surface area contributed by atoms with Crippen molar-refractivity contribution in [3.8, 4) is 0 Å². The lowest BCUT2D eigenvalue weighted by Gasteiger charge is -2.35. The number of anilines is 1. The van der Waals surface area contributed by atoms with E-state index in [0.29, 0.717) is 12.6 Å². The minimum Gasteiger partial charge on any atom is -0.368 e. The summed E-state index contributed by atoms with van der Waals surface area (Å²) in [5.41, 5.74) is 1.04. The molecule has 0 aliphatic carbocycles. The lowest BCUT2D eigenvalue weighted by Crippen LogP contribution is -2.46. The molecule has 3 aromatic rings. The Balaban J connectivity index is 1.17. The molecule has 1 aliphatic heterocycles. The normalized spacial score (nSPS) is 14.9. The number of piperazine rings is 1. The van der Waals surface area contributed by atoms with E-state index in [1.807, 2.05) is 6.07 Å². The van der Waals surface area contributed by atoms with Gasteiger partial charge in [-0.2, -0.15) is 0 Å². The minimum atomic E-state index is -0.848. The van der Waals surface area contributed by atoms with Crippen LogP contribution in [0.15, 0.2) is 41.8 Å². The number of unbranched alkanes of at least 4 members (excludes halogenated alkanes) is 1. The van der Waals surface area contributed by atoms with Crippen LogP contribution >= 0.6 is 11.3 Å². The number of rotatable bonds is 7. The number of benzene rings is 2. The first-order chi connectivity index (χ1) is 15.0. The van der Waals surface area contributed by atoms with E-state index < -0.39 is 17.5 Å². The largest absolute Gasteiger partial charge is 0.368 e. The van der Waals surface area contributed by atoms with E-state index in [0.717, 1.165) is 67.8 Å². The predicted octanol–water partition coefficient (Wildman–Crippen LogP) is 4.65. The fraction of sp³-hybridized carbons (Fsp3) is 0.348. The Bertz CT molecular complexity index is 1060. The summed E-state index contributed by atoms with van der Waals surface area (Å²) >= 11 is 1.57. The molecule has 2 aromatic carbocycles. The van der Waals surface area contributed by atoms with Gasteiger partial charge in [-0.15, -0.1) is 11.3 Å². The number of halogens is 3. The number of carbonyl (C=O) groups is 1. The fourth-order valence-electron chi connectivity index (χ4n) is 3.88. The Morgan fingerprint density at radius 3 is 2.48 bits per heavy atom. The molecule has 1 saturated heterocycles. The van der Waals surface area contributed by atoms with Crippen LogP contribution in [-0.4, -0.2) is 50.1 Å². The first kappa shape index (κ1) is 21.6. The molecule has 4 nitrogen and oxygen atoms in total. The van der Waals surface area contributed by atoms with Gasteiger partial charge < -0.3 is 10.2 Å². The molecule has 31 heavy (non-hydrogen) atoms. The molecule has 4 rings (SSSR count). The average molecular weight is 448 g/mol. The molecule has 0 bridgehead atoms. The number of amides is 1. The summed E-state index contributed by atoms with van der Waals surface area (Å²) in [6, 6.07) is 7.91. The van der Waals surface area contributed by atoms with Crippen LogP contribution in [-0.2, 0) is 0 Å². The third-order valence-electron chi connectivity index (χ3n) is 5.59. The summed E-state index contributed by atoms with van der Waals surface area (Å²) in [7, 11) is 0. The van der Waals surface area contributed by atoms with E-state index in [-0.39, 0.29) is 11.4 Å². The highest BCUT2D eigenvalue weighted by atomic mass is 32.1. The van der Waals surface area contributed by atoms with E-state index in [1.54, 1.807) is 17.4 Å². The van der Waals surface area contributed by atoms with Gasteiger partial charge in [0, 0.05) is 54.3 Å². The molecule has 1 aliphatic rings. The summed E-state index contributed by atoms with van der Waals surface area (Å²) < 4.78 is 40.9. The van der Waals surface area contributed by atoms with Crippen LogP contribution in [0.3, 0.4) is 0 Å². The zero-order chi connectivity index (χ0) is 21.8. The number of hydrogen-bond acceptors (Lipinski definition) is 4. The van der Waals surface area contributed by atoms with E-state index >= 15 is 0 Å². The molecule has 0 unspecified atom stereocenters. The molecule has 0 radical (unpaired) electrons. The fourth-order valence-corrected chi connectivity index (χ4v) is 4.87. The molecule has 1 amide bonds. The Labute approximate surface area is 183 Å². The zero-order valence-corrected chi connectivity index (χ0v) is 17.9. The van der Waals surface area contributed by atoms with Gasteiger partial charge in [0.15, 0.2) is 0 Å². The van der Waals surface area contributed by atoms with Gasteiger partial charge >= 0.3 is 0 Å². The van der Waals surface area contributed by atoms with Crippen LogP contribution in [0.1, 0.15) is 23.2 Å². The lowest BCUT2D eigenvalue weighted by molar-refractivity contribution is 0.0948. The third-order valence-corrected chi connectivity index (χ3v) is 6.53. The maximum Gasteiger partial charge on any atom is 0.254 e. The monoisotopic (exact) mass is 447 g/mol.